The van der Waals surface area contributed by atoms with Crippen LogP contribution in [0.15, 0.2) is 47.3 Å². The number of hydrogen-bond acceptors (Lipinski definition) is 3. The number of Topliss-reactive ketones (excluding diaryl/α,β-unsaturated/α-hetero) is 1. The molecule has 0 unspecified atom stereocenters. The normalized spacial score (nSPS) is 11.7. The van der Waals surface area contributed by atoms with Crippen molar-refractivity contribution in [2.75, 3.05) is 0 Å². The highest BCUT2D eigenvalue weighted by Crippen LogP contribution is 2.29. The predicted octanol–water partition coefficient (Wildman–Crippen LogP) is 4.02. The van der Waals surface area contributed by atoms with Crippen molar-refractivity contribution in [2.24, 2.45) is 0 Å². The van der Waals surface area contributed by atoms with Crippen molar-refractivity contribution >= 4 is 28.2 Å². The molecule has 0 spiro atoms. The van der Waals surface area contributed by atoms with Gasteiger partial charge in [0.15, 0.2) is 10.9 Å². The fourth-order valence-corrected chi connectivity index (χ4v) is 2.60. The van der Waals surface area contributed by atoms with E-state index in [0.29, 0.717) is 21.9 Å². The molecule has 0 bridgehead atoms. The number of fused-ring (bicyclic) bond motifs is 1. The highest BCUT2D eigenvalue weighted by molar-refractivity contribution is 6.34. The molecule has 4 nitrogen and oxygen atoms in total. The van der Waals surface area contributed by atoms with Crippen molar-refractivity contribution in [3.8, 4) is 0 Å². The van der Waals surface area contributed by atoms with Gasteiger partial charge in [0.1, 0.15) is 0 Å². The molecule has 25 heavy (non-hydrogen) atoms. The summed E-state index contributed by atoms with van der Waals surface area (Å²) in [6, 6.07) is 8.78. The molecule has 1 aromatic heterocycles. The largest absolute Gasteiger partial charge is 0.416 e. The lowest BCUT2D eigenvalue weighted by Gasteiger charge is -2.08. The van der Waals surface area contributed by atoms with Crippen LogP contribution in [-0.2, 0) is 12.6 Å². The molecule has 1 N–H and O–H groups in total. The van der Waals surface area contributed by atoms with Crippen LogP contribution >= 0.6 is 11.6 Å². The Balaban J connectivity index is 1.87. The van der Waals surface area contributed by atoms with Crippen LogP contribution in [-0.4, -0.2) is 16.0 Å². The molecule has 0 saturated heterocycles. The Morgan fingerprint density at radius 3 is 2.40 bits per heavy atom. The van der Waals surface area contributed by atoms with Gasteiger partial charge in [-0.3, -0.25) is 9.59 Å². The lowest BCUT2D eigenvalue weighted by atomic mass is 10.00. The smallest absolute Gasteiger partial charge is 0.294 e. The van der Waals surface area contributed by atoms with Gasteiger partial charge in [0.05, 0.1) is 10.9 Å². The maximum absolute atomic E-state index is 12.6. The molecule has 3 rings (SSSR count). The summed E-state index contributed by atoms with van der Waals surface area (Å²) >= 11 is 5.93. The number of rotatable bonds is 3. The molecule has 1 heterocycles. The number of H-pyrrole nitrogens is 1. The van der Waals surface area contributed by atoms with Crippen molar-refractivity contribution in [1.82, 2.24) is 10.2 Å². The average molecular weight is 367 g/mol. The molecule has 128 valence electrons. The Hall–Kier alpha value is -2.67. The Labute approximate surface area is 144 Å². The summed E-state index contributed by atoms with van der Waals surface area (Å²) in [5.41, 5.74) is -0.456. The number of benzene rings is 2. The minimum Gasteiger partial charge on any atom is -0.294 e. The monoisotopic (exact) mass is 366 g/mol. The van der Waals surface area contributed by atoms with E-state index in [1.54, 1.807) is 0 Å². The van der Waals surface area contributed by atoms with Gasteiger partial charge >= 0.3 is 6.18 Å². The van der Waals surface area contributed by atoms with Gasteiger partial charge in [-0.1, -0.05) is 29.8 Å². The van der Waals surface area contributed by atoms with Crippen molar-refractivity contribution in [1.29, 1.82) is 0 Å². The first-order valence-electron chi connectivity index (χ1n) is 7.13. The average Bonchev–Trinajstić information content (AvgIpc) is 2.57. The summed E-state index contributed by atoms with van der Waals surface area (Å²) in [7, 11) is 0. The van der Waals surface area contributed by atoms with E-state index < -0.39 is 17.3 Å². The Morgan fingerprint density at radius 2 is 1.76 bits per heavy atom. The van der Waals surface area contributed by atoms with Gasteiger partial charge in [-0.25, -0.2) is 5.10 Å². The third kappa shape index (κ3) is 3.56. The molecule has 0 aliphatic carbocycles. The summed E-state index contributed by atoms with van der Waals surface area (Å²) < 4.78 is 37.7. The molecule has 3 aromatic rings. The molecular formula is C17H10ClF3N2O2. The van der Waals surface area contributed by atoms with E-state index in [0.717, 1.165) is 12.1 Å². The van der Waals surface area contributed by atoms with E-state index in [-0.39, 0.29) is 17.4 Å². The van der Waals surface area contributed by atoms with Crippen LogP contribution in [0.3, 0.4) is 0 Å². The van der Waals surface area contributed by atoms with Crippen molar-refractivity contribution < 1.29 is 18.0 Å². The van der Waals surface area contributed by atoms with E-state index in [1.807, 2.05) is 0 Å². The minimum absolute atomic E-state index is 0.0544. The zero-order valence-corrected chi connectivity index (χ0v) is 13.3. The van der Waals surface area contributed by atoms with Gasteiger partial charge in [0.2, 0.25) is 0 Å². The lowest BCUT2D eigenvalue weighted by Crippen LogP contribution is -2.10. The molecule has 0 saturated carbocycles. The molecule has 0 aliphatic rings. The zero-order chi connectivity index (χ0) is 18.2. The van der Waals surface area contributed by atoms with Crippen LogP contribution in [0.4, 0.5) is 13.2 Å². The number of nitrogens with one attached hydrogen (secondary N) is 1. The number of nitrogens with zero attached hydrogens (tertiary/aromatic N) is 1. The Morgan fingerprint density at radius 1 is 1.08 bits per heavy atom. The third-order valence-corrected chi connectivity index (χ3v) is 4.00. The number of carbonyl (C=O) groups excluding carboxylic acids is 1. The van der Waals surface area contributed by atoms with Crippen LogP contribution in [0, 0.1) is 0 Å². The van der Waals surface area contributed by atoms with Crippen LogP contribution in [0.2, 0.25) is 5.15 Å². The fourth-order valence-electron chi connectivity index (χ4n) is 2.41. The summed E-state index contributed by atoms with van der Waals surface area (Å²) in [6.45, 7) is 0. The molecular weight excluding hydrogens is 357 g/mol. The van der Waals surface area contributed by atoms with E-state index >= 15 is 0 Å². The third-order valence-electron chi connectivity index (χ3n) is 3.71. The highest BCUT2D eigenvalue weighted by atomic mass is 35.5. The van der Waals surface area contributed by atoms with Crippen LogP contribution in [0.1, 0.15) is 21.5 Å². The molecule has 0 amide bonds. The maximum Gasteiger partial charge on any atom is 0.416 e. The quantitative estimate of drug-likeness (QED) is 0.712. The fraction of sp³-hybridized carbons (Fsp3) is 0.118. The summed E-state index contributed by atoms with van der Waals surface area (Å²) in [5.74, 6) is -0.307. The SMILES string of the molecule is O=C(Cc1ccc(C(F)(F)F)cc1)c1ccc2c(=O)[nH]nc(Cl)c2c1. The predicted molar refractivity (Wildman–Crippen MR) is 86.9 cm³/mol. The first-order chi connectivity index (χ1) is 11.8. The second kappa shape index (κ2) is 6.33. The number of hydrogen-bond donors (Lipinski definition) is 1. The van der Waals surface area contributed by atoms with Crippen molar-refractivity contribution in [3.63, 3.8) is 0 Å². The molecule has 0 fully saturated rings. The second-order valence-corrected chi connectivity index (χ2v) is 5.76. The van der Waals surface area contributed by atoms with Gasteiger partial charge in [0.25, 0.3) is 5.56 Å². The first-order valence-corrected chi connectivity index (χ1v) is 7.51. The van der Waals surface area contributed by atoms with Gasteiger partial charge in [-0.2, -0.15) is 18.3 Å². The standard InChI is InChI=1S/C17H10ClF3N2O2/c18-15-13-8-10(3-6-12(13)16(25)23-22-15)14(24)7-9-1-4-11(5-2-9)17(19,20)21/h1-6,8H,7H2,(H,23,25). The molecule has 8 heteroatoms. The summed E-state index contributed by atoms with van der Waals surface area (Å²) in [6.07, 6.45) is -4.49. The topological polar surface area (TPSA) is 62.8 Å². The highest BCUT2D eigenvalue weighted by Gasteiger charge is 2.30. The molecule has 2 aromatic carbocycles. The number of halogens is 4. The minimum atomic E-state index is -4.42. The van der Waals surface area contributed by atoms with Gasteiger partial charge in [0, 0.05) is 17.4 Å². The van der Waals surface area contributed by atoms with Gasteiger partial charge in [-0.15, -0.1) is 0 Å². The van der Waals surface area contributed by atoms with E-state index in [1.165, 1.54) is 30.3 Å². The number of ketones is 1. The molecule has 0 aliphatic heterocycles. The summed E-state index contributed by atoms with van der Waals surface area (Å²) in [4.78, 5) is 24.0. The van der Waals surface area contributed by atoms with E-state index in [4.69, 9.17) is 11.6 Å². The number of aromatic amines is 1. The molecule has 0 radical (unpaired) electrons. The molecule has 0 atom stereocenters. The van der Waals surface area contributed by atoms with E-state index in [9.17, 15) is 22.8 Å². The van der Waals surface area contributed by atoms with Crippen LogP contribution in [0.5, 0.6) is 0 Å². The lowest BCUT2D eigenvalue weighted by molar-refractivity contribution is -0.137. The first kappa shape index (κ1) is 17.2. The number of carbonyl (C=O) groups is 1. The second-order valence-electron chi connectivity index (χ2n) is 5.40. The summed E-state index contributed by atoms with van der Waals surface area (Å²) in [5, 5.41) is 6.56. The number of alkyl halides is 3. The van der Waals surface area contributed by atoms with Crippen molar-refractivity contribution in [2.45, 2.75) is 12.6 Å². The van der Waals surface area contributed by atoms with Gasteiger partial charge in [-0.05, 0) is 29.8 Å². The maximum atomic E-state index is 12.6. The van der Waals surface area contributed by atoms with Crippen molar-refractivity contribution in [3.05, 3.63) is 74.7 Å². The van der Waals surface area contributed by atoms with Gasteiger partial charge < -0.3 is 0 Å². The van der Waals surface area contributed by atoms with E-state index in [2.05, 4.69) is 10.2 Å². The zero-order valence-electron chi connectivity index (χ0n) is 12.5. The Kier molecular flexibility index (Phi) is 4.34. The van der Waals surface area contributed by atoms with Crippen LogP contribution in [0.25, 0.3) is 10.8 Å². The Bertz CT molecular complexity index is 1010. The van der Waals surface area contributed by atoms with Crippen LogP contribution < -0.4 is 5.56 Å². The number of aromatic nitrogens is 2.